The molecule has 22 heavy (non-hydrogen) atoms. The number of nitrogens with one attached hydrogen (secondary N) is 2. The number of hydrogen-bond acceptors (Lipinski definition) is 3. The normalized spacial score (nSPS) is 17.5. The van der Waals surface area contributed by atoms with Crippen molar-refractivity contribution in [1.82, 2.24) is 20.2 Å². The summed E-state index contributed by atoms with van der Waals surface area (Å²) in [5.74, 6) is 0.978. The minimum absolute atomic E-state index is 0.360. The predicted octanol–water partition coefficient (Wildman–Crippen LogP) is 3.13. The van der Waals surface area contributed by atoms with Gasteiger partial charge in [0.25, 0.3) is 0 Å². The van der Waals surface area contributed by atoms with E-state index in [1.54, 1.807) is 0 Å². The fraction of sp³-hybridized carbons (Fsp3) is 0.500. The summed E-state index contributed by atoms with van der Waals surface area (Å²) in [6.07, 6.45) is 3.96. The maximum atomic E-state index is 4.94. The summed E-state index contributed by atoms with van der Waals surface area (Å²) < 4.78 is 0. The van der Waals surface area contributed by atoms with Crippen molar-refractivity contribution in [1.29, 1.82) is 0 Å². The zero-order valence-corrected chi connectivity index (χ0v) is 13.6. The van der Waals surface area contributed by atoms with E-state index < -0.39 is 0 Å². The van der Waals surface area contributed by atoms with Crippen LogP contribution in [0.4, 0.5) is 0 Å². The zero-order valence-electron chi connectivity index (χ0n) is 13.6. The molecular formula is C18H26N4. The van der Waals surface area contributed by atoms with Crippen molar-refractivity contribution >= 4 is 0 Å². The first kappa shape index (κ1) is 15.3. The van der Waals surface area contributed by atoms with E-state index in [1.165, 1.54) is 43.7 Å². The van der Waals surface area contributed by atoms with Crippen LogP contribution in [0.1, 0.15) is 36.7 Å². The van der Waals surface area contributed by atoms with Crippen molar-refractivity contribution in [3.63, 3.8) is 0 Å². The molecule has 2 N–H and O–H groups in total. The van der Waals surface area contributed by atoms with E-state index in [0.717, 1.165) is 17.9 Å². The van der Waals surface area contributed by atoms with Crippen LogP contribution in [0.3, 0.4) is 0 Å². The monoisotopic (exact) mass is 298 g/mol. The van der Waals surface area contributed by atoms with Crippen LogP contribution in [0.25, 0.3) is 11.4 Å². The van der Waals surface area contributed by atoms with E-state index in [9.17, 15) is 0 Å². The number of hydrogen-bond donors (Lipinski definition) is 2. The number of rotatable bonds is 5. The second-order valence-corrected chi connectivity index (χ2v) is 6.13. The second kappa shape index (κ2) is 7.07. The Balaban J connectivity index is 1.89. The Labute approximate surface area is 133 Å². The average molecular weight is 298 g/mol. The van der Waals surface area contributed by atoms with Crippen LogP contribution >= 0.6 is 0 Å². The molecule has 118 valence electrons. The largest absolute Gasteiger partial charge is 0.342 e. The van der Waals surface area contributed by atoms with Gasteiger partial charge in [-0.25, -0.2) is 4.98 Å². The molecule has 0 radical (unpaired) electrons. The molecule has 4 heteroatoms. The van der Waals surface area contributed by atoms with Crippen molar-refractivity contribution in [2.45, 2.75) is 32.2 Å². The lowest BCUT2D eigenvalue weighted by atomic mass is 10.1. The van der Waals surface area contributed by atoms with Crippen molar-refractivity contribution in [3.8, 4) is 11.4 Å². The van der Waals surface area contributed by atoms with Gasteiger partial charge in [-0.15, -0.1) is 0 Å². The van der Waals surface area contributed by atoms with Gasteiger partial charge in [-0.3, -0.25) is 4.90 Å². The summed E-state index contributed by atoms with van der Waals surface area (Å²) in [6.45, 7) is 5.44. The molecule has 1 fully saturated rings. The highest BCUT2D eigenvalue weighted by Gasteiger charge is 2.25. The number of likely N-dealkylation sites (N-methyl/N-ethyl adjacent to an activating group) is 1. The summed E-state index contributed by atoms with van der Waals surface area (Å²) in [7, 11) is 2.02. The van der Waals surface area contributed by atoms with Crippen LogP contribution in [0.15, 0.2) is 30.3 Å². The lowest BCUT2D eigenvalue weighted by Gasteiger charge is -2.34. The van der Waals surface area contributed by atoms with E-state index in [1.807, 2.05) is 13.1 Å². The minimum Gasteiger partial charge on any atom is -0.342 e. The fourth-order valence-electron chi connectivity index (χ4n) is 3.35. The number of H-pyrrole nitrogens is 1. The molecule has 0 amide bonds. The van der Waals surface area contributed by atoms with Gasteiger partial charge in [-0.2, -0.15) is 0 Å². The molecule has 2 heterocycles. The molecule has 0 saturated carbocycles. The van der Waals surface area contributed by atoms with E-state index in [-0.39, 0.29) is 0 Å². The molecular weight excluding hydrogens is 272 g/mol. The van der Waals surface area contributed by atoms with E-state index in [2.05, 4.69) is 46.4 Å². The molecule has 2 aromatic rings. The van der Waals surface area contributed by atoms with Crippen LogP contribution in [-0.4, -0.2) is 41.5 Å². The molecule has 0 bridgehead atoms. The fourth-order valence-corrected chi connectivity index (χ4v) is 3.35. The van der Waals surface area contributed by atoms with E-state index in [0.29, 0.717) is 6.04 Å². The quantitative estimate of drug-likeness (QED) is 0.891. The third-order valence-corrected chi connectivity index (χ3v) is 4.51. The number of aromatic amines is 1. The first-order valence-electron chi connectivity index (χ1n) is 8.30. The Kier molecular flexibility index (Phi) is 4.90. The summed E-state index contributed by atoms with van der Waals surface area (Å²) >= 11 is 0. The van der Waals surface area contributed by atoms with Crippen molar-refractivity contribution < 1.29 is 0 Å². The molecule has 3 rings (SSSR count). The van der Waals surface area contributed by atoms with Crippen LogP contribution in [0.2, 0.25) is 0 Å². The van der Waals surface area contributed by atoms with Crippen molar-refractivity contribution in [3.05, 3.63) is 41.7 Å². The first-order chi connectivity index (χ1) is 10.8. The van der Waals surface area contributed by atoms with Crippen molar-refractivity contribution in [2.75, 3.05) is 26.7 Å². The zero-order chi connectivity index (χ0) is 15.4. The van der Waals surface area contributed by atoms with Gasteiger partial charge in [-0.1, -0.05) is 36.8 Å². The highest BCUT2D eigenvalue weighted by Crippen LogP contribution is 2.27. The standard InChI is InChI=1S/C18H26N4/c1-14-17(16(13-19-2)22-11-7-4-8-12-22)21-18(20-14)15-9-5-3-6-10-15/h3,5-6,9-10,16,19H,4,7-8,11-13H2,1-2H3,(H,20,21). The van der Waals surface area contributed by atoms with Crippen LogP contribution in [-0.2, 0) is 0 Å². The maximum Gasteiger partial charge on any atom is 0.137 e. The highest BCUT2D eigenvalue weighted by molar-refractivity contribution is 5.55. The van der Waals surface area contributed by atoms with Crippen LogP contribution in [0, 0.1) is 6.92 Å². The molecule has 1 aliphatic heterocycles. The number of aromatic nitrogens is 2. The van der Waals surface area contributed by atoms with Gasteiger partial charge in [0.05, 0.1) is 11.7 Å². The van der Waals surface area contributed by atoms with Gasteiger partial charge in [0.15, 0.2) is 0 Å². The first-order valence-corrected chi connectivity index (χ1v) is 8.30. The SMILES string of the molecule is CNCC(c1nc(-c2ccccc2)[nH]c1C)N1CCCCC1. The summed E-state index contributed by atoms with van der Waals surface area (Å²) in [5, 5.41) is 3.34. The number of nitrogens with zero attached hydrogens (tertiary/aromatic N) is 2. The molecule has 1 aliphatic rings. The highest BCUT2D eigenvalue weighted by atomic mass is 15.2. The topological polar surface area (TPSA) is 44.0 Å². The molecule has 1 unspecified atom stereocenters. The van der Waals surface area contributed by atoms with E-state index in [4.69, 9.17) is 4.98 Å². The van der Waals surface area contributed by atoms with Gasteiger partial charge in [0.1, 0.15) is 5.82 Å². The smallest absolute Gasteiger partial charge is 0.137 e. The summed E-state index contributed by atoms with van der Waals surface area (Å²) in [4.78, 5) is 11.0. The lowest BCUT2D eigenvalue weighted by molar-refractivity contribution is 0.159. The van der Waals surface area contributed by atoms with Gasteiger partial charge < -0.3 is 10.3 Å². The molecule has 0 spiro atoms. The third-order valence-electron chi connectivity index (χ3n) is 4.51. The molecule has 1 saturated heterocycles. The Hall–Kier alpha value is -1.65. The van der Waals surface area contributed by atoms with Gasteiger partial charge in [-0.05, 0) is 39.9 Å². The van der Waals surface area contributed by atoms with Crippen molar-refractivity contribution in [2.24, 2.45) is 0 Å². The predicted molar refractivity (Wildman–Crippen MR) is 90.9 cm³/mol. The Morgan fingerprint density at radius 2 is 1.91 bits per heavy atom. The maximum absolute atomic E-state index is 4.94. The van der Waals surface area contributed by atoms with Gasteiger partial charge in [0.2, 0.25) is 0 Å². The Bertz CT molecular complexity index is 584. The Morgan fingerprint density at radius 3 is 2.59 bits per heavy atom. The molecule has 4 nitrogen and oxygen atoms in total. The number of piperidine rings is 1. The lowest BCUT2D eigenvalue weighted by Crippen LogP contribution is -2.38. The Morgan fingerprint density at radius 1 is 1.18 bits per heavy atom. The number of benzene rings is 1. The number of aryl methyl sites for hydroxylation is 1. The minimum atomic E-state index is 0.360. The number of imidazole rings is 1. The molecule has 1 atom stereocenters. The third kappa shape index (κ3) is 3.23. The van der Waals surface area contributed by atoms with E-state index >= 15 is 0 Å². The molecule has 0 aliphatic carbocycles. The van der Waals surface area contributed by atoms with Gasteiger partial charge >= 0.3 is 0 Å². The summed E-state index contributed by atoms with van der Waals surface area (Å²) in [6, 6.07) is 10.7. The van der Waals surface area contributed by atoms with Crippen LogP contribution < -0.4 is 5.32 Å². The van der Waals surface area contributed by atoms with Crippen LogP contribution in [0.5, 0.6) is 0 Å². The number of likely N-dealkylation sites (tertiary alicyclic amines) is 1. The van der Waals surface area contributed by atoms with Gasteiger partial charge in [0, 0.05) is 17.8 Å². The average Bonchev–Trinajstić information content (AvgIpc) is 2.96. The second-order valence-electron chi connectivity index (χ2n) is 6.13. The molecule has 1 aromatic carbocycles. The molecule has 1 aromatic heterocycles. The summed E-state index contributed by atoms with van der Waals surface area (Å²) in [5.41, 5.74) is 3.53.